The molecule has 5 heteroatoms. The first-order chi connectivity index (χ1) is 10.9. The molecule has 0 spiro atoms. The van der Waals surface area contributed by atoms with Gasteiger partial charge in [-0.15, -0.1) is 0 Å². The highest BCUT2D eigenvalue weighted by Gasteiger charge is 2.14. The Bertz CT molecular complexity index is 587. The largest absolute Gasteiger partial charge is 0.369 e. The molecule has 2 aromatic rings. The number of fused-ring (bicyclic) bond motifs is 1. The Balaban J connectivity index is 1.45. The first-order valence-corrected chi connectivity index (χ1v) is 8.25. The normalized spacial score (nSPS) is 17.0. The summed E-state index contributed by atoms with van der Waals surface area (Å²) in [5.41, 5.74) is 0.996. The molecule has 0 aliphatic carbocycles. The lowest BCUT2D eigenvalue weighted by atomic mass is 10.2. The number of benzene rings is 1. The Hall–Kier alpha value is -1.72. The molecule has 0 amide bonds. The average Bonchev–Trinajstić information content (AvgIpc) is 2.59. The van der Waals surface area contributed by atoms with Gasteiger partial charge in [0.15, 0.2) is 0 Å². The lowest BCUT2D eigenvalue weighted by Crippen LogP contribution is -2.46. The van der Waals surface area contributed by atoms with Crippen LogP contribution < -0.4 is 5.32 Å². The number of aromatic nitrogens is 2. The third-order valence-electron chi connectivity index (χ3n) is 4.40. The summed E-state index contributed by atoms with van der Waals surface area (Å²) in [5.74, 6) is 0.946. The van der Waals surface area contributed by atoms with E-state index in [1.165, 1.54) is 32.7 Å². The molecular weight excluding hydrogens is 274 g/mol. The van der Waals surface area contributed by atoms with Gasteiger partial charge < -0.3 is 15.1 Å². The number of nitrogens with one attached hydrogen (secondary N) is 1. The summed E-state index contributed by atoms with van der Waals surface area (Å²) in [6.07, 6.45) is 2.78. The summed E-state index contributed by atoms with van der Waals surface area (Å²) in [5, 5.41) is 4.56. The molecule has 22 heavy (non-hydrogen) atoms. The zero-order valence-corrected chi connectivity index (χ0v) is 13.3. The van der Waals surface area contributed by atoms with Gasteiger partial charge in [-0.3, -0.25) is 0 Å². The minimum atomic E-state index is 0.946. The van der Waals surface area contributed by atoms with Crippen LogP contribution in [0.4, 0.5) is 5.82 Å². The van der Waals surface area contributed by atoms with E-state index >= 15 is 0 Å². The molecule has 5 nitrogen and oxygen atoms in total. The van der Waals surface area contributed by atoms with E-state index in [-0.39, 0.29) is 0 Å². The van der Waals surface area contributed by atoms with Crippen LogP contribution in [0, 0.1) is 0 Å². The molecule has 1 aromatic heterocycles. The summed E-state index contributed by atoms with van der Waals surface area (Å²) in [6, 6.07) is 8.14. The van der Waals surface area contributed by atoms with Crippen LogP contribution in [-0.4, -0.2) is 65.6 Å². The maximum Gasteiger partial charge on any atom is 0.137 e. The number of para-hydroxylation sites is 1. The molecule has 1 aromatic carbocycles. The van der Waals surface area contributed by atoms with Crippen molar-refractivity contribution in [3.05, 3.63) is 30.6 Å². The standard InChI is InChI=1S/C17H25N5/c1-2-21-10-12-22(13-11-21)9-5-8-18-17-15-6-3-4-7-16(15)19-14-20-17/h3-4,6-7,14H,2,5,8-13H2,1H3,(H,18,19,20). The molecule has 3 rings (SSSR count). The number of hydrogen-bond acceptors (Lipinski definition) is 5. The highest BCUT2D eigenvalue weighted by Crippen LogP contribution is 2.18. The van der Waals surface area contributed by atoms with Crippen LogP contribution in [0.2, 0.25) is 0 Å². The van der Waals surface area contributed by atoms with Gasteiger partial charge in [0.05, 0.1) is 5.52 Å². The van der Waals surface area contributed by atoms with Gasteiger partial charge >= 0.3 is 0 Å². The second kappa shape index (κ2) is 7.51. The topological polar surface area (TPSA) is 44.3 Å². The number of rotatable bonds is 6. The highest BCUT2D eigenvalue weighted by molar-refractivity contribution is 5.88. The van der Waals surface area contributed by atoms with E-state index in [1.54, 1.807) is 6.33 Å². The first kappa shape index (κ1) is 15.2. The number of anilines is 1. The van der Waals surface area contributed by atoms with Crippen molar-refractivity contribution in [2.75, 3.05) is 51.1 Å². The molecule has 1 aliphatic heterocycles. The molecule has 2 heterocycles. The summed E-state index contributed by atoms with van der Waals surface area (Å²) in [4.78, 5) is 13.7. The minimum absolute atomic E-state index is 0.946. The van der Waals surface area contributed by atoms with Gasteiger partial charge in [0, 0.05) is 38.1 Å². The molecule has 1 N–H and O–H groups in total. The van der Waals surface area contributed by atoms with Gasteiger partial charge in [-0.25, -0.2) is 9.97 Å². The van der Waals surface area contributed by atoms with Crippen molar-refractivity contribution in [3.63, 3.8) is 0 Å². The lowest BCUT2D eigenvalue weighted by molar-refractivity contribution is 0.137. The van der Waals surface area contributed by atoms with Gasteiger partial charge in [-0.05, 0) is 31.6 Å². The molecule has 0 unspecified atom stereocenters. The monoisotopic (exact) mass is 299 g/mol. The summed E-state index contributed by atoms with van der Waals surface area (Å²) in [6.45, 7) is 10.3. The molecule has 1 fully saturated rings. The Morgan fingerprint density at radius 2 is 1.82 bits per heavy atom. The summed E-state index contributed by atoms with van der Waals surface area (Å²) in [7, 11) is 0. The van der Waals surface area contributed by atoms with Gasteiger partial charge in [0.25, 0.3) is 0 Å². The van der Waals surface area contributed by atoms with E-state index in [2.05, 4.69) is 38.1 Å². The second-order valence-electron chi connectivity index (χ2n) is 5.80. The number of hydrogen-bond donors (Lipinski definition) is 1. The van der Waals surface area contributed by atoms with Gasteiger partial charge in [0.1, 0.15) is 12.1 Å². The van der Waals surface area contributed by atoms with E-state index in [1.807, 2.05) is 18.2 Å². The van der Waals surface area contributed by atoms with Crippen molar-refractivity contribution < 1.29 is 0 Å². The van der Waals surface area contributed by atoms with Gasteiger partial charge in [0.2, 0.25) is 0 Å². The molecule has 0 radical (unpaired) electrons. The SMILES string of the molecule is CCN1CCN(CCCNc2ncnc3ccccc23)CC1. The Labute approximate surface area is 132 Å². The zero-order chi connectivity index (χ0) is 15.2. The van der Waals surface area contributed by atoms with E-state index in [0.29, 0.717) is 0 Å². The Morgan fingerprint density at radius 1 is 1.05 bits per heavy atom. The smallest absolute Gasteiger partial charge is 0.137 e. The molecular formula is C17H25N5. The van der Waals surface area contributed by atoms with Crippen molar-refractivity contribution in [2.45, 2.75) is 13.3 Å². The Kier molecular flexibility index (Phi) is 5.19. The third-order valence-corrected chi connectivity index (χ3v) is 4.40. The minimum Gasteiger partial charge on any atom is -0.369 e. The molecule has 0 bridgehead atoms. The maximum atomic E-state index is 4.37. The van der Waals surface area contributed by atoms with Crippen LogP contribution in [-0.2, 0) is 0 Å². The number of nitrogens with zero attached hydrogens (tertiary/aromatic N) is 4. The zero-order valence-electron chi connectivity index (χ0n) is 13.3. The Morgan fingerprint density at radius 3 is 2.64 bits per heavy atom. The van der Waals surface area contributed by atoms with Crippen LogP contribution in [0.5, 0.6) is 0 Å². The van der Waals surface area contributed by atoms with Crippen LogP contribution in [0.1, 0.15) is 13.3 Å². The van der Waals surface area contributed by atoms with E-state index in [9.17, 15) is 0 Å². The molecule has 1 aliphatic rings. The first-order valence-electron chi connectivity index (χ1n) is 8.25. The van der Waals surface area contributed by atoms with Crippen molar-refractivity contribution >= 4 is 16.7 Å². The van der Waals surface area contributed by atoms with E-state index in [0.717, 1.165) is 36.2 Å². The van der Waals surface area contributed by atoms with Gasteiger partial charge in [-0.1, -0.05) is 19.1 Å². The molecule has 0 atom stereocenters. The van der Waals surface area contributed by atoms with Crippen molar-refractivity contribution in [1.29, 1.82) is 0 Å². The maximum absolute atomic E-state index is 4.37. The highest BCUT2D eigenvalue weighted by atomic mass is 15.3. The van der Waals surface area contributed by atoms with Crippen LogP contribution >= 0.6 is 0 Å². The predicted molar refractivity (Wildman–Crippen MR) is 91.2 cm³/mol. The van der Waals surface area contributed by atoms with E-state index in [4.69, 9.17) is 0 Å². The van der Waals surface area contributed by atoms with Gasteiger partial charge in [-0.2, -0.15) is 0 Å². The van der Waals surface area contributed by atoms with Crippen LogP contribution in [0.25, 0.3) is 10.9 Å². The third kappa shape index (κ3) is 3.72. The van der Waals surface area contributed by atoms with Crippen molar-refractivity contribution in [3.8, 4) is 0 Å². The van der Waals surface area contributed by atoms with Crippen LogP contribution in [0.15, 0.2) is 30.6 Å². The van der Waals surface area contributed by atoms with Crippen LogP contribution in [0.3, 0.4) is 0 Å². The lowest BCUT2D eigenvalue weighted by Gasteiger charge is -2.34. The number of likely N-dealkylation sites (N-methyl/N-ethyl adjacent to an activating group) is 1. The van der Waals surface area contributed by atoms with Crippen molar-refractivity contribution in [1.82, 2.24) is 19.8 Å². The predicted octanol–water partition coefficient (Wildman–Crippen LogP) is 2.07. The molecule has 1 saturated heterocycles. The average molecular weight is 299 g/mol. The fourth-order valence-electron chi connectivity index (χ4n) is 2.98. The molecule has 118 valence electrons. The fraction of sp³-hybridized carbons (Fsp3) is 0.529. The second-order valence-corrected chi connectivity index (χ2v) is 5.80. The molecule has 0 saturated carbocycles. The fourth-order valence-corrected chi connectivity index (χ4v) is 2.98. The summed E-state index contributed by atoms with van der Waals surface area (Å²) >= 11 is 0. The van der Waals surface area contributed by atoms with Crippen molar-refractivity contribution in [2.24, 2.45) is 0 Å². The number of piperazine rings is 1. The quantitative estimate of drug-likeness (QED) is 0.827. The summed E-state index contributed by atoms with van der Waals surface area (Å²) < 4.78 is 0. The van der Waals surface area contributed by atoms with E-state index < -0.39 is 0 Å².